The molecule has 0 amide bonds. The lowest BCUT2D eigenvalue weighted by Gasteiger charge is -1.90. The highest BCUT2D eigenvalue weighted by Crippen LogP contribution is 2.06. The Morgan fingerprint density at radius 1 is 0.909 bits per heavy atom. The van der Waals surface area contributed by atoms with E-state index in [2.05, 4.69) is 22.1 Å². The Morgan fingerprint density at radius 3 is 1.82 bits per heavy atom. The van der Waals surface area contributed by atoms with Crippen molar-refractivity contribution in [2.45, 2.75) is 6.42 Å². The van der Waals surface area contributed by atoms with Crippen LogP contribution < -0.4 is 0 Å². The Labute approximate surface area is 65.3 Å². The fraction of sp³-hybridized carbons (Fsp3) is 0.111. The minimum atomic E-state index is 1.01. The van der Waals surface area contributed by atoms with E-state index in [0.717, 1.165) is 6.42 Å². The van der Waals surface area contributed by atoms with Gasteiger partial charge in [0.05, 0.1) is 0 Å². The SMILES string of the molecule is c1cc(Cc2cc[nH]c2)c[nH]1. The molecule has 0 aromatic carbocycles. The van der Waals surface area contributed by atoms with Crippen molar-refractivity contribution < 1.29 is 0 Å². The van der Waals surface area contributed by atoms with E-state index in [1.54, 1.807) is 0 Å². The average molecular weight is 146 g/mol. The van der Waals surface area contributed by atoms with E-state index in [1.807, 2.05) is 24.8 Å². The number of aromatic amines is 2. The van der Waals surface area contributed by atoms with Crippen molar-refractivity contribution in [1.29, 1.82) is 0 Å². The Kier molecular flexibility index (Phi) is 1.52. The molecule has 56 valence electrons. The molecule has 2 heterocycles. The number of nitrogens with one attached hydrogen (secondary N) is 2. The highest BCUT2D eigenvalue weighted by atomic mass is 14.6. The molecule has 0 aliphatic rings. The Bertz CT molecular complexity index is 260. The van der Waals surface area contributed by atoms with Crippen molar-refractivity contribution in [2.75, 3.05) is 0 Å². The highest BCUT2D eigenvalue weighted by Gasteiger charge is 1.94. The van der Waals surface area contributed by atoms with Crippen LogP contribution >= 0.6 is 0 Å². The van der Waals surface area contributed by atoms with Crippen LogP contribution in [0, 0.1) is 0 Å². The molecule has 2 aromatic rings. The second-order valence-corrected chi connectivity index (χ2v) is 2.62. The van der Waals surface area contributed by atoms with Crippen molar-refractivity contribution in [3.8, 4) is 0 Å². The van der Waals surface area contributed by atoms with Gasteiger partial charge in [-0.2, -0.15) is 0 Å². The van der Waals surface area contributed by atoms with Gasteiger partial charge in [0.15, 0.2) is 0 Å². The van der Waals surface area contributed by atoms with Crippen LogP contribution in [0.2, 0.25) is 0 Å². The standard InChI is InChI=1S/C9H10N2/c1-3-10-6-8(1)5-9-2-4-11-7-9/h1-4,6-7,10-11H,5H2. The fourth-order valence-electron chi connectivity index (χ4n) is 1.17. The molecule has 2 heteroatoms. The van der Waals surface area contributed by atoms with Gasteiger partial charge in [0.2, 0.25) is 0 Å². The van der Waals surface area contributed by atoms with Crippen molar-refractivity contribution in [3.63, 3.8) is 0 Å². The molecule has 0 bridgehead atoms. The van der Waals surface area contributed by atoms with Crippen LogP contribution in [0.1, 0.15) is 11.1 Å². The van der Waals surface area contributed by atoms with Gasteiger partial charge in [0.1, 0.15) is 0 Å². The van der Waals surface area contributed by atoms with Gasteiger partial charge < -0.3 is 9.97 Å². The molecule has 0 aliphatic heterocycles. The quantitative estimate of drug-likeness (QED) is 0.648. The van der Waals surface area contributed by atoms with Gasteiger partial charge in [-0.3, -0.25) is 0 Å². The van der Waals surface area contributed by atoms with Crippen LogP contribution in [0.15, 0.2) is 36.9 Å². The van der Waals surface area contributed by atoms with E-state index in [-0.39, 0.29) is 0 Å². The Morgan fingerprint density at radius 2 is 1.45 bits per heavy atom. The summed E-state index contributed by atoms with van der Waals surface area (Å²) in [4.78, 5) is 6.06. The van der Waals surface area contributed by atoms with Gasteiger partial charge in [-0.1, -0.05) is 0 Å². The molecule has 2 rings (SSSR count). The van der Waals surface area contributed by atoms with Gasteiger partial charge in [-0.15, -0.1) is 0 Å². The van der Waals surface area contributed by atoms with Crippen molar-refractivity contribution in [3.05, 3.63) is 48.0 Å². The van der Waals surface area contributed by atoms with Gasteiger partial charge >= 0.3 is 0 Å². The molecule has 11 heavy (non-hydrogen) atoms. The van der Waals surface area contributed by atoms with Gasteiger partial charge in [0.25, 0.3) is 0 Å². The lowest BCUT2D eigenvalue weighted by molar-refractivity contribution is 1.20. The molecule has 2 aromatic heterocycles. The zero-order valence-corrected chi connectivity index (χ0v) is 6.17. The molecule has 0 aliphatic carbocycles. The van der Waals surface area contributed by atoms with E-state index in [9.17, 15) is 0 Å². The number of H-pyrrole nitrogens is 2. The van der Waals surface area contributed by atoms with Gasteiger partial charge in [-0.05, 0) is 23.3 Å². The first-order chi connectivity index (χ1) is 5.45. The Balaban J connectivity index is 2.14. The zero-order chi connectivity index (χ0) is 7.52. The predicted molar refractivity (Wildman–Crippen MR) is 44.4 cm³/mol. The van der Waals surface area contributed by atoms with E-state index in [4.69, 9.17) is 0 Å². The minimum absolute atomic E-state index is 1.01. The van der Waals surface area contributed by atoms with Crippen molar-refractivity contribution >= 4 is 0 Å². The van der Waals surface area contributed by atoms with Gasteiger partial charge in [0, 0.05) is 31.2 Å². The number of hydrogen-bond donors (Lipinski definition) is 2. The number of aromatic nitrogens is 2. The van der Waals surface area contributed by atoms with E-state index in [1.165, 1.54) is 11.1 Å². The van der Waals surface area contributed by atoms with Crippen molar-refractivity contribution in [2.24, 2.45) is 0 Å². The smallest absolute Gasteiger partial charge is 0.00407 e. The summed E-state index contributed by atoms with van der Waals surface area (Å²) in [6, 6.07) is 4.18. The van der Waals surface area contributed by atoms with Crippen LogP contribution in [-0.4, -0.2) is 9.97 Å². The lowest BCUT2D eigenvalue weighted by Crippen LogP contribution is -1.80. The summed E-state index contributed by atoms with van der Waals surface area (Å²) in [7, 11) is 0. The molecule has 2 nitrogen and oxygen atoms in total. The highest BCUT2D eigenvalue weighted by molar-refractivity contribution is 5.20. The van der Waals surface area contributed by atoms with Gasteiger partial charge in [-0.25, -0.2) is 0 Å². The largest absolute Gasteiger partial charge is 0.367 e. The molecule has 2 N–H and O–H groups in total. The zero-order valence-electron chi connectivity index (χ0n) is 6.17. The molecular formula is C9H10N2. The third-order valence-corrected chi connectivity index (χ3v) is 1.73. The molecular weight excluding hydrogens is 136 g/mol. The lowest BCUT2D eigenvalue weighted by atomic mass is 10.1. The third-order valence-electron chi connectivity index (χ3n) is 1.73. The summed E-state index contributed by atoms with van der Waals surface area (Å²) in [5, 5.41) is 0. The van der Waals surface area contributed by atoms with E-state index >= 15 is 0 Å². The van der Waals surface area contributed by atoms with E-state index in [0.29, 0.717) is 0 Å². The summed E-state index contributed by atoms with van der Waals surface area (Å²) in [5.41, 5.74) is 2.65. The second kappa shape index (κ2) is 2.66. The maximum Gasteiger partial charge on any atom is 0.00407 e. The summed E-state index contributed by atoms with van der Waals surface area (Å²) in [6.45, 7) is 0. The molecule has 0 saturated carbocycles. The normalized spacial score (nSPS) is 10.2. The third kappa shape index (κ3) is 1.34. The molecule has 0 fully saturated rings. The average Bonchev–Trinajstić information content (AvgIpc) is 2.60. The van der Waals surface area contributed by atoms with Crippen molar-refractivity contribution in [1.82, 2.24) is 9.97 Å². The second-order valence-electron chi connectivity index (χ2n) is 2.62. The first-order valence-electron chi connectivity index (χ1n) is 3.68. The monoisotopic (exact) mass is 146 g/mol. The first kappa shape index (κ1) is 6.28. The molecule has 0 atom stereocenters. The Hall–Kier alpha value is -1.44. The maximum absolute atomic E-state index is 3.03. The summed E-state index contributed by atoms with van der Waals surface area (Å²) in [6.07, 6.45) is 8.94. The van der Waals surface area contributed by atoms with Crippen LogP contribution in [0.5, 0.6) is 0 Å². The number of rotatable bonds is 2. The fourth-order valence-corrected chi connectivity index (χ4v) is 1.17. The minimum Gasteiger partial charge on any atom is -0.367 e. The van der Waals surface area contributed by atoms with E-state index < -0.39 is 0 Å². The van der Waals surface area contributed by atoms with Crippen LogP contribution in [0.4, 0.5) is 0 Å². The molecule has 0 spiro atoms. The molecule has 0 radical (unpaired) electrons. The summed E-state index contributed by atoms with van der Waals surface area (Å²) in [5.74, 6) is 0. The topological polar surface area (TPSA) is 31.6 Å². The maximum atomic E-state index is 3.03. The number of hydrogen-bond acceptors (Lipinski definition) is 0. The first-order valence-corrected chi connectivity index (χ1v) is 3.68. The molecule has 0 unspecified atom stereocenters. The summed E-state index contributed by atoms with van der Waals surface area (Å²) >= 11 is 0. The molecule has 0 saturated heterocycles. The van der Waals surface area contributed by atoms with Crippen LogP contribution in [-0.2, 0) is 6.42 Å². The summed E-state index contributed by atoms with van der Waals surface area (Å²) < 4.78 is 0. The van der Waals surface area contributed by atoms with Crippen LogP contribution in [0.25, 0.3) is 0 Å². The predicted octanol–water partition coefficient (Wildman–Crippen LogP) is 1.93. The van der Waals surface area contributed by atoms with Crippen LogP contribution in [0.3, 0.4) is 0 Å².